The summed E-state index contributed by atoms with van der Waals surface area (Å²) in [7, 11) is 1.99. The van der Waals surface area contributed by atoms with Crippen LogP contribution in [0.5, 0.6) is 0 Å². The van der Waals surface area contributed by atoms with Gasteiger partial charge in [-0.25, -0.2) is 0 Å². The lowest BCUT2D eigenvalue weighted by atomic mass is 9.70. The monoisotopic (exact) mass is 269 g/mol. The Hall–Kier alpha value is -0.540. The number of aryl methyl sites for hydroxylation is 2. The van der Waals surface area contributed by atoms with Crippen molar-refractivity contribution in [1.82, 2.24) is 15.1 Å². The van der Waals surface area contributed by atoms with Gasteiger partial charge >= 0.3 is 0 Å². The molecule has 4 heteroatoms. The van der Waals surface area contributed by atoms with Crippen LogP contribution in [0.1, 0.15) is 45.0 Å². The van der Waals surface area contributed by atoms with Crippen LogP contribution in [-0.2, 0) is 13.5 Å². The van der Waals surface area contributed by atoms with Crippen molar-refractivity contribution >= 4 is 11.6 Å². The number of aromatic nitrogens is 2. The second kappa shape index (κ2) is 4.53. The van der Waals surface area contributed by atoms with Gasteiger partial charge in [-0.3, -0.25) is 4.68 Å². The molecule has 1 unspecified atom stereocenters. The number of rotatable bonds is 2. The fourth-order valence-corrected chi connectivity index (χ4v) is 3.25. The van der Waals surface area contributed by atoms with Crippen molar-refractivity contribution in [1.29, 1.82) is 0 Å². The van der Waals surface area contributed by atoms with E-state index >= 15 is 0 Å². The zero-order valence-corrected chi connectivity index (χ0v) is 12.9. The molecule has 2 rings (SSSR count). The van der Waals surface area contributed by atoms with Crippen LogP contribution >= 0.6 is 11.6 Å². The van der Waals surface area contributed by atoms with E-state index in [1.54, 1.807) is 0 Å². The summed E-state index contributed by atoms with van der Waals surface area (Å²) in [5.41, 5.74) is 2.43. The first-order chi connectivity index (χ1) is 8.27. The van der Waals surface area contributed by atoms with Crippen LogP contribution in [0.15, 0.2) is 0 Å². The smallest absolute Gasteiger partial charge is 0.0847 e. The van der Waals surface area contributed by atoms with Crippen LogP contribution in [0.2, 0.25) is 5.02 Å². The molecule has 0 radical (unpaired) electrons. The molecule has 1 aromatic rings. The third kappa shape index (κ3) is 2.19. The number of halogens is 1. The molecular weight excluding hydrogens is 246 g/mol. The minimum Gasteiger partial charge on any atom is -0.310 e. The lowest BCUT2D eigenvalue weighted by Gasteiger charge is -2.42. The van der Waals surface area contributed by atoms with E-state index in [-0.39, 0.29) is 11.0 Å². The molecule has 1 aromatic heterocycles. The van der Waals surface area contributed by atoms with Gasteiger partial charge in [-0.2, -0.15) is 5.10 Å². The highest BCUT2D eigenvalue weighted by atomic mass is 35.5. The van der Waals surface area contributed by atoms with E-state index in [9.17, 15) is 0 Å². The third-order valence-electron chi connectivity index (χ3n) is 4.41. The molecule has 1 atom stereocenters. The Balaban J connectivity index is 2.36. The first-order valence-electron chi connectivity index (χ1n) is 6.70. The van der Waals surface area contributed by atoms with Gasteiger partial charge in [0.2, 0.25) is 0 Å². The summed E-state index contributed by atoms with van der Waals surface area (Å²) in [5.74, 6) is 0. The molecule has 0 spiro atoms. The largest absolute Gasteiger partial charge is 0.310 e. The van der Waals surface area contributed by atoms with E-state index in [1.165, 1.54) is 12.8 Å². The van der Waals surface area contributed by atoms with Gasteiger partial charge < -0.3 is 5.32 Å². The summed E-state index contributed by atoms with van der Waals surface area (Å²) in [6, 6.07) is 0. The van der Waals surface area contributed by atoms with Gasteiger partial charge in [0.1, 0.15) is 0 Å². The zero-order chi connectivity index (χ0) is 13.6. The van der Waals surface area contributed by atoms with E-state index in [1.807, 2.05) is 18.7 Å². The summed E-state index contributed by atoms with van der Waals surface area (Å²) in [6.07, 6.45) is 3.40. The second-order valence-electron chi connectivity index (χ2n) is 6.51. The minimum absolute atomic E-state index is 0.136. The van der Waals surface area contributed by atoms with Gasteiger partial charge in [-0.15, -0.1) is 0 Å². The Morgan fingerprint density at radius 3 is 2.50 bits per heavy atom. The number of hydrogen-bond donors (Lipinski definition) is 1. The van der Waals surface area contributed by atoms with Crippen molar-refractivity contribution in [2.45, 2.75) is 52.5 Å². The summed E-state index contributed by atoms with van der Waals surface area (Å²) >= 11 is 6.39. The van der Waals surface area contributed by atoms with Crippen molar-refractivity contribution in [3.63, 3.8) is 0 Å². The van der Waals surface area contributed by atoms with Crippen LogP contribution < -0.4 is 5.32 Å². The molecule has 0 saturated carbocycles. The van der Waals surface area contributed by atoms with Crippen LogP contribution in [-0.4, -0.2) is 21.9 Å². The molecular formula is C14H24ClN3. The molecule has 1 N–H and O–H groups in total. The zero-order valence-electron chi connectivity index (χ0n) is 12.1. The van der Waals surface area contributed by atoms with Crippen LogP contribution in [0, 0.1) is 12.3 Å². The molecule has 1 aliphatic rings. The molecule has 3 nitrogen and oxygen atoms in total. The fraction of sp³-hybridized carbons (Fsp3) is 0.786. The van der Waals surface area contributed by atoms with Gasteiger partial charge in [0.15, 0.2) is 0 Å². The Morgan fingerprint density at radius 2 is 2.11 bits per heavy atom. The van der Waals surface area contributed by atoms with Crippen molar-refractivity contribution in [3.8, 4) is 0 Å². The highest BCUT2D eigenvalue weighted by Crippen LogP contribution is 2.41. The summed E-state index contributed by atoms with van der Waals surface area (Å²) in [5, 5.41) is 8.97. The molecule has 0 bridgehead atoms. The minimum atomic E-state index is 0.136. The molecule has 0 amide bonds. The van der Waals surface area contributed by atoms with Crippen molar-refractivity contribution < 1.29 is 0 Å². The summed E-state index contributed by atoms with van der Waals surface area (Å²) < 4.78 is 1.94. The maximum atomic E-state index is 6.39. The average molecular weight is 270 g/mol. The number of hydrogen-bond acceptors (Lipinski definition) is 2. The van der Waals surface area contributed by atoms with Crippen molar-refractivity contribution in [2.24, 2.45) is 12.5 Å². The molecule has 18 heavy (non-hydrogen) atoms. The van der Waals surface area contributed by atoms with E-state index in [4.69, 9.17) is 11.6 Å². The molecule has 1 fully saturated rings. The SMILES string of the molecule is Cc1nn(C)c(CC2(C(C)(C)C)CCCN2)c1Cl. The van der Waals surface area contributed by atoms with Crippen LogP contribution in [0.25, 0.3) is 0 Å². The molecule has 1 aliphatic heterocycles. The molecule has 2 heterocycles. The standard InChI is InChI=1S/C14H24ClN3/c1-10-12(15)11(18(5)17-10)9-14(13(2,3)4)7-6-8-16-14/h16H,6-9H2,1-5H3. The molecule has 0 aromatic carbocycles. The number of nitrogens with one attached hydrogen (secondary N) is 1. The Kier molecular flexibility index (Phi) is 3.50. The average Bonchev–Trinajstić information content (AvgIpc) is 2.80. The van der Waals surface area contributed by atoms with Gasteiger partial charge in [-0.1, -0.05) is 32.4 Å². The van der Waals surface area contributed by atoms with Crippen LogP contribution in [0.3, 0.4) is 0 Å². The van der Waals surface area contributed by atoms with Crippen LogP contribution in [0.4, 0.5) is 0 Å². The molecule has 0 aliphatic carbocycles. The normalized spacial score (nSPS) is 24.8. The molecule has 1 saturated heterocycles. The quantitative estimate of drug-likeness (QED) is 0.894. The third-order valence-corrected chi connectivity index (χ3v) is 4.90. The maximum absolute atomic E-state index is 6.39. The van der Waals surface area contributed by atoms with E-state index < -0.39 is 0 Å². The number of nitrogens with zero attached hydrogens (tertiary/aromatic N) is 2. The lowest BCUT2D eigenvalue weighted by Crippen LogP contribution is -2.53. The second-order valence-corrected chi connectivity index (χ2v) is 6.89. The van der Waals surface area contributed by atoms with Gasteiger partial charge in [-0.05, 0) is 31.7 Å². The predicted molar refractivity (Wildman–Crippen MR) is 76.1 cm³/mol. The van der Waals surface area contributed by atoms with Gasteiger partial charge in [0.25, 0.3) is 0 Å². The van der Waals surface area contributed by atoms with Gasteiger partial charge in [0, 0.05) is 19.0 Å². The fourth-order valence-electron chi connectivity index (χ4n) is 3.02. The van der Waals surface area contributed by atoms with Crippen molar-refractivity contribution in [2.75, 3.05) is 6.54 Å². The Morgan fingerprint density at radius 1 is 1.44 bits per heavy atom. The summed E-state index contributed by atoms with van der Waals surface area (Å²) in [4.78, 5) is 0. The molecule has 102 valence electrons. The van der Waals surface area contributed by atoms with E-state index in [0.717, 1.165) is 29.4 Å². The Labute approximate surface area is 115 Å². The highest BCUT2D eigenvalue weighted by Gasteiger charge is 2.44. The highest BCUT2D eigenvalue weighted by molar-refractivity contribution is 6.31. The first-order valence-corrected chi connectivity index (χ1v) is 7.08. The van der Waals surface area contributed by atoms with E-state index in [0.29, 0.717) is 0 Å². The topological polar surface area (TPSA) is 29.9 Å². The maximum Gasteiger partial charge on any atom is 0.0847 e. The summed E-state index contributed by atoms with van der Waals surface area (Å²) in [6.45, 7) is 10.00. The van der Waals surface area contributed by atoms with Crippen molar-refractivity contribution in [3.05, 3.63) is 16.4 Å². The lowest BCUT2D eigenvalue weighted by molar-refractivity contribution is 0.157. The Bertz CT molecular complexity index is 437. The van der Waals surface area contributed by atoms with E-state index in [2.05, 4.69) is 31.2 Å². The first kappa shape index (κ1) is 13.9. The van der Waals surface area contributed by atoms with Gasteiger partial charge in [0.05, 0.1) is 16.4 Å². The predicted octanol–water partition coefficient (Wildman–Crippen LogP) is 3.09.